The summed E-state index contributed by atoms with van der Waals surface area (Å²) in [5, 5.41) is 9.14. The van der Waals surface area contributed by atoms with E-state index >= 15 is 0 Å². The Bertz CT molecular complexity index is 889. The van der Waals surface area contributed by atoms with Crippen molar-refractivity contribution in [3.63, 3.8) is 0 Å². The van der Waals surface area contributed by atoms with Crippen LogP contribution in [0.3, 0.4) is 0 Å². The molecule has 0 unspecified atom stereocenters. The highest BCUT2D eigenvalue weighted by atomic mass is 32.2. The van der Waals surface area contributed by atoms with Gasteiger partial charge in [-0.15, -0.1) is 0 Å². The fourth-order valence-electron chi connectivity index (χ4n) is 1.84. The lowest BCUT2D eigenvalue weighted by Gasteiger charge is -2.10. The van der Waals surface area contributed by atoms with E-state index in [1.807, 2.05) is 6.07 Å². The van der Waals surface area contributed by atoms with E-state index in [1.165, 1.54) is 19.2 Å². The zero-order valence-corrected chi connectivity index (χ0v) is 12.1. The average Bonchev–Trinajstić information content (AvgIpc) is 2.45. The first kappa shape index (κ1) is 15.5. The summed E-state index contributed by atoms with van der Waals surface area (Å²) in [5.74, 6) is -0.357. The minimum atomic E-state index is -4.53. The van der Waals surface area contributed by atoms with Gasteiger partial charge in [0.25, 0.3) is 10.1 Å². The van der Waals surface area contributed by atoms with Crippen LogP contribution in [-0.2, 0) is 10.1 Å². The van der Waals surface area contributed by atoms with E-state index in [0.29, 0.717) is 0 Å². The molecule has 0 saturated carbocycles. The lowest BCUT2D eigenvalue weighted by atomic mass is 10.1. The van der Waals surface area contributed by atoms with E-state index in [4.69, 9.17) is 21.5 Å². The predicted molar refractivity (Wildman–Crippen MR) is 77.4 cm³/mol. The van der Waals surface area contributed by atoms with E-state index in [1.54, 1.807) is 0 Å². The number of benzene rings is 1. The second-order valence-electron chi connectivity index (χ2n) is 4.14. The van der Waals surface area contributed by atoms with Gasteiger partial charge in [-0.2, -0.15) is 18.7 Å². The van der Waals surface area contributed by atoms with Crippen LogP contribution < -0.4 is 16.2 Å². The molecule has 1 aromatic heterocycles. The van der Waals surface area contributed by atoms with Crippen molar-refractivity contribution in [2.24, 2.45) is 0 Å². The van der Waals surface area contributed by atoms with Crippen LogP contribution in [0.15, 0.2) is 23.1 Å². The van der Waals surface area contributed by atoms with Crippen LogP contribution >= 0.6 is 0 Å². The Kier molecular flexibility index (Phi) is 3.85. The van der Waals surface area contributed by atoms with Crippen LogP contribution in [0.25, 0.3) is 11.3 Å². The van der Waals surface area contributed by atoms with Gasteiger partial charge in [0.1, 0.15) is 28.1 Å². The molecule has 5 N–H and O–H groups in total. The maximum atomic E-state index is 11.4. The highest BCUT2D eigenvalue weighted by Gasteiger charge is 2.20. The number of hydrogen-bond acceptors (Lipinski definition) is 8. The number of hydrogen-bond donors (Lipinski definition) is 3. The third-order valence-electron chi connectivity index (χ3n) is 2.78. The molecule has 0 aliphatic rings. The number of nitrogens with zero attached hydrogens (tertiary/aromatic N) is 3. The fourth-order valence-corrected chi connectivity index (χ4v) is 2.52. The predicted octanol–water partition coefficient (Wildman–Crippen LogP) is 0.435. The summed E-state index contributed by atoms with van der Waals surface area (Å²) >= 11 is 0. The molecule has 0 aliphatic carbocycles. The number of ether oxygens (including phenoxy) is 1. The SMILES string of the molecule is COc1ccc(-c2nc(N)nc(N)c2C#N)cc1S(=O)(=O)O. The number of methoxy groups -OCH3 is 1. The van der Waals surface area contributed by atoms with Crippen LogP contribution in [0.1, 0.15) is 5.56 Å². The summed E-state index contributed by atoms with van der Waals surface area (Å²) in [7, 11) is -3.27. The topological polar surface area (TPSA) is 165 Å². The minimum absolute atomic E-state index is 0.0549. The maximum Gasteiger partial charge on any atom is 0.298 e. The van der Waals surface area contributed by atoms with Crippen molar-refractivity contribution in [3.05, 3.63) is 23.8 Å². The zero-order valence-electron chi connectivity index (χ0n) is 11.3. The van der Waals surface area contributed by atoms with Gasteiger partial charge in [0.2, 0.25) is 5.95 Å². The lowest BCUT2D eigenvalue weighted by Crippen LogP contribution is -2.06. The number of nitrogen functional groups attached to an aromatic ring is 2. The molecule has 22 heavy (non-hydrogen) atoms. The summed E-state index contributed by atoms with van der Waals surface area (Å²) in [6, 6.07) is 5.70. The monoisotopic (exact) mass is 321 g/mol. The highest BCUT2D eigenvalue weighted by molar-refractivity contribution is 7.86. The summed E-state index contributed by atoms with van der Waals surface area (Å²) in [4.78, 5) is 7.10. The number of anilines is 2. The van der Waals surface area contributed by atoms with Gasteiger partial charge in [0, 0.05) is 5.56 Å². The van der Waals surface area contributed by atoms with E-state index in [2.05, 4.69) is 9.97 Å². The summed E-state index contributed by atoms with van der Waals surface area (Å²) in [6.07, 6.45) is 0. The standard InChI is InChI=1S/C12H11N5O4S/c1-21-8-3-2-6(4-9(8)22(18,19)20)10-7(5-13)11(14)17-12(15)16-10/h2-4H,1H3,(H,18,19,20)(H4,14,15,16,17). The largest absolute Gasteiger partial charge is 0.495 e. The molecule has 10 heteroatoms. The molecule has 0 amide bonds. The first-order chi connectivity index (χ1) is 10.3. The summed E-state index contributed by atoms with van der Waals surface area (Å²) in [5.41, 5.74) is 11.3. The van der Waals surface area contributed by atoms with Crippen LogP contribution in [-0.4, -0.2) is 30.0 Å². The summed E-state index contributed by atoms with van der Waals surface area (Å²) in [6.45, 7) is 0. The molecule has 114 valence electrons. The smallest absolute Gasteiger partial charge is 0.298 e. The molecular formula is C12H11N5O4S. The van der Waals surface area contributed by atoms with Gasteiger partial charge >= 0.3 is 0 Å². The molecule has 1 heterocycles. The van der Waals surface area contributed by atoms with Crippen LogP contribution in [0.4, 0.5) is 11.8 Å². The molecule has 0 atom stereocenters. The average molecular weight is 321 g/mol. The van der Waals surface area contributed by atoms with Gasteiger partial charge in [-0.25, -0.2) is 4.98 Å². The third kappa shape index (κ3) is 2.76. The number of rotatable bonds is 3. The zero-order chi connectivity index (χ0) is 16.5. The number of aromatic nitrogens is 2. The molecule has 0 spiro atoms. The van der Waals surface area contributed by atoms with Gasteiger partial charge < -0.3 is 16.2 Å². The normalized spacial score (nSPS) is 11.0. The Morgan fingerprint density at radius 3 is 2.55 bits per heavy atom. The van der Waals surface area contributed by atoms with Crippen molar-refractivity contribution >= 4 is 21.9 Å². The molecule has 2 aromatic rings. The van der Waals surface area contributed by atoms with Crippen molar-refractivity contribution in [1.82, 2.24) is 9.97 Å². The first-order valence-corrected chi connectivity index (χ1v) is 7.21. The Morgan fingerprint density at radius 2 is 2.00 bits per heavy atom. The van der Waals surface area contributed by atoms with E-state index in [9.17, 15) is 13.0 Å². The van der Waals surface area contributed by atoms with Gasteiger partial charge in [-0.1, -0.05) is 0 Å². The van der Waals surface area contributed by atoms with Crippen molar-refractivity contribution in [2.75, 3.05) is 18.6 Å². The molecular weight excluding hydrogens is 310 g/mol. The fraction of sp³-hybridized carbons (Fsp3) is 0.0833. The molecule has 0 bridgehead atoms. The maximum absolute atomic E-state index is 11.4. The Balaban J connectivity index is 2.78. The Hall–Kier alpha value is -2.90. The van der Waals surface area contributed by atoms with Crippen molar-refractivity contribution < 1.29 is 17.7 Å². The number of nitrogens with two attached hydrogens (primary N) is 2. The highest BCUT2D eigenvalue weighted by Crippen LogP contribution is 2.31. The summed E-state index contributed by atoms with van der Waals surface area (Å²) < 4.78 is 37.0. The van der Waals surface area contributed by atoms with Gasteiger partial charge in [0.05, 0.1) is 12.8 Å². The van der Waals surface area contributed by atoms with Crippen LogP contribution in [0.2, 0.25) is 0 Å². The molecule has 0 aliphatic heterocycles. The second kappa shape index (κ2) is 5.47. The van der Waals surface area contributed by atoms with Crippen molar-refractivity contribution in [1.29, 1.82) is 5.26 Å². The molecule has 0 saturated heterocycles. The quantitative estimate of drug-likeness (QED) is 0.679. The molecule has 0 fully saturated rings. The first-order valence-electron chi connectivity index (χ1n) is 5.77. The van der Waals surface area contributed by atoms with Gasteiger partial charge in [0.15, 0.2) is 0 Å². The number of nitriles is 1. The molecule has 0 radical (unpaired) electrons. The van der Waals surface area contributed by atoms with Crippen LogP contribution in [0.5, 0.6) is 5.75 Å². The minimum Gasteiger partial charge on any atom is -0.495 e. The Morgan fingerprint density at radius 1 is 1.32 bits per heavy atom. The van der Waals surface area contributed by atoms with Gasteiger partial charge in [-0.3, -0.25) is 4.55 Å². The van der Waals surface area contributed by atoms with Gasteiger partial charge in [-0.05, 0) is 18.2 Å². The van der Waals surface area contributed by atoms with Crippen LogP contribution in [0, 0.1) is 11.3 Å². The van der Waals surface area contributed by atoms with E-state index in [0.717, 1.165) is 6.07 Å². The molecule has 1 aromatic carbocycles. The van der Waals surface area contributed by atoms with E-state index < -0.39 is 15.0 Å². The van der Waals surface area contributed by atoms with Crippen molar-refractivity contribution in [3.8, 4) is 23.1 Å². The third-order valence-corrected chi connectivity index (χ3v) is 3.66. The Labute approximate surface area is 125 Å². The second-order valence-corrected chi connectivity index (χ2v) is 5.53. The van der Waals surface area contributed by atoms with E-state index in [-0.39, 0.29) is 34.3 Å². The lowest BCUT2D eigenvalue weighted by molar-refractivity contribution is 0.397. The molecule has 9 nitrogen and oxygen atoms in total. The van der Waals surface area contributed by atoms with Crippen molar-refractivity contribution in [2.45, 2.75) is 4.90 Å². The molecule has 2 rings (SSSR count).